The zero-order chi connectivity index (χ0) is 18.7. The number of rotatable bonds is 5. The molecule has 0 saturated carbocycles. The van der Waals surface area contributed by atoms with Crippen molar-refractivity contribution in [3.63, 3.8) is 0 Å². The molecule has 2 aromatic rings. The third-order valence-electron chi connectivity index (χ3n) is 4.10. The van der Waals surface area contributed by atoms with E-state index in [2.05, 4.69) is 15.5 Å². The van der Waals surface area contributed by atoms with Gasteiger partial charge in [-0.2, -0.15) is 5.10 Å². The van der Waals surface area contributed by atoms with Crippen molar-refractivity contribution in [2.45, 2.75) is 25.5 Å². The van der Waals surface area contributed by atoms with E-state index in [-0.39, 0.29) is 17.2 Å². The molecule has 26 heavy (non-hydrogen) atoms. The number of benzene rings is 1. The van der Waals surface area contributed by atoms with Crippen molar-refractivity contribution in [3.8, 4) is 11.3 Å². The first-order valence-corrected chi connectivity index (χ1v) is 9.99. The van der Waals surface area contributed by atoms with Crippen molar-refractivity contribution in [1.29, 1.82) is 0 Å². The molecular formula is C17H19N3O5S. The van der Waals surface area contributed by atoms with Gasteiger partial charge in [0.2, 0.25) is 0 Å². The van der Waals surface area contributed by atoms with Gasteiger partial charge in [0.15, 0.2) is 15.9 Å². The summed E-state index contributed by atoms with van der Waals surface area (Å²) in [6, 6.07) is 10.4. The van der Waals surface area contributed by atoms with Crippen LogP contribution in [0.15, 0.2) is 36.4 Å². The minimum atomic E-state index is -3.09. The lowest BCUT2D eigenvalue weighted by molar-refractivity contribution is -0.129. The number of aromatic amines is 1. The molecule has 9 heteroatoms. The van der Waals surface area contributed by atoms with Crippen molar-refractivity contribution in [1.82, 2.24) is 15.5 Å². The molecule has 0 unspecified atom stereocenters. The molecule has 1 amide bonds. The summed E-state index contributed by atoms with van der Waals surface area (Å²) in [6.45, 7) is 1.44. The largest absolute Gasteiger partial charge is 0.448 e. The van der Waals surface area contributed by atoms with Crippen LogP contribution in [0.25, 0.3) is 11.3 Å². The van der Waals surface area contributed by atoms with Crippen LogP contribution in [0.4, 0.5) is 0 Å². The number of aromatic nitrogens is 2. The maximum absolute atomic E-state index is 12.2. The number of nitrogens with zero attached hydrogens (tertiary/aromatic N) is 1. The van der Waals surface area contributed by atoms with E-state index in [1.807, 2.05) is 30.3 Å². The molecule has 0 radical (unpaired) electrons. The number of amides is 1. The molecule has 1 aliphatic heterocycles. The highest BCUT2D eigenvalue weighted by molar-refractivity contribution is 7.91. The Morgan fingerprint density at radius 1 is 1.31 bits per heavy atom. The summed E-state index contributed by atoms with van der Waals surface area (Å²) in [5.74, 6) is -1.26. The van der Waals surface area contributed by atoms with Crippen molar-refractivity contribution in [2.24, 2.45) is 0 Å². The molecule has 138 valence electrons. The summed E-state index contributed by atoms with van der Waals surface area (Å²) in [4.78, 5) is 24.3. The minimum absolute atomic E-state index is 0.0581. The summed E-state index contributed by atoms with van der Waals surface area (Å²) in [7, 11) is -3.09. The van der Waals surface area contributed by atoms with E-state index in [9.17, 15) is 18.0 Å². The molecule has 0 aliphatic carbocycles. The maximum atomic E-state index is 12.2. The van der Waals surface area contributed by atoms with E-state index in [1.54, 1.807) is 6.07 Å². The van der Waals surface area contributed by atoms with Gasteiger partial charge in [-0.3, -0.25) is 9.89 Å². The first-order valence-electron chi connectivity index (χ1n) is 8.17. The average molecular weight is 377 g/mol. The highest BCUT2D eigenvalue weighted by Gasteiger charge is 2.31. The van der Waals surface area contributed by atoms with Gasteiger partial charge in [0.25, 0.3) is 5.91 Å². The topological polar surface area (TPSA) is 118 Å². The average Bonchev–Trinajstić information content (AvgIpc) is 3.22. The van der Waals surface area contributed by atoms with Gasteiger partial charge in [-0.05, 0) is 19.4 Å². The summed E-state index contributed by atoms with van der Waals surface area (Å²) < 4.78 is 28.0. The zero-order valence-corrected chi connectivity index (χ0v) is 15.0. The van der Waals surface area contributed by atoms with Gasteiger partial charge >= 0.3 is 5.97 Å². The lowest BCUT2D eigenvalue weighted by Gasteiger charge is -2.16. The standard InChI is InChI=1S/C17H19N3O5S/c1-11(16(21)18-13-7-8-26(23,24)10-13)25-17(22)15-9-14(19-20-15)12-5-3-2-4-6-12/h2-6,9,11,13H,7-8,10H2,1H3,(H,18,21)(H,19,20)/t11-,13+/m0/s1. The fraction of sp³-hybridized carbons (Fsp3) is 0.353. The van der Waals surface area contributed by atoms with E-state index in [0.717, 1.165) is 5.56 Å². The number of H-pyrrole nitrogens is 1. The fourth-order valence-electron chi connectivity index (χ4n) is 2.69. The van der Waals surface area contributed by atoms with Crippen LogP contribution >= 0.6 is 0 Å². The predicted molar refractivity (Wildman–Crippen MR) is 94.1 cm³/mol. The summed E-state index contributed by atoms with van der Waals surface area (Å²) in [5, 5.41) is 9.26. The lowest BCUT2D eigenvalue weighted by atomic mass is 10.1. The van der Waals surface area contributed by atoms with Gasteiger partial charge < -0.3 is 10.1 Å². The number of hydrogen-bond acceptors (Lipinski definition) is 6. The van der Waals surface area contributed by atoms with E-state index < -0.39 is 33.9 Å². The number of ether oxygens (including phenoxy) is 1. The second-order valence-corrected chi connectivity index (χ2v) is 8.42. The Morgan fingerprint density at radius 2 is 2.04 bits per heavy atom. The summed E-state index contributed by atoms with van der Waals surface area (Å²) in [5.41, 5.74) is 1.56. The Bertz CT molecular complexity index is 907. The first kappa shape index (κ1) is 18.1. The number of carbonyl (C=O) groups is 2. The highest BCUT2D eigenvalue weighted by atomic mass is 32.2. The van der Waals surface area contributed by atoms with Crippen LogP contribution < -0.4 is 5.32 Å². The second-order valence-electron chi connectivity index (χ2n) is 6.19. The van der Waals surface area contributed by atoms with E-state index >= 15 is 0 Å². The van der Waals surface area contributed by atoms with Crippen LogP contribution in [-0.4, -0.2) is 54.1 Å². The Kier molecular flexibility index (Phi) is 5.08. The number of nitrogens with one attached hydrogen (secondary N) is 2. The minimum Gasteiger partial charge on any atom is -0.448 e. The molecule has 2 heterocycles. The van der Waals surface area contributed by atoms with Gasteiger partial charge in [-0.25, -0.2) is 13.2 Å². The fourth-order valence-corrected chi connectivity index (χ4v) is 4.36. The van der Waals surface area contributed by atoms with Gasteiger partial charge in [0.05, 0.1) is 17.2 Å². The Balaban J connectivity index is 1.57. The Morgan fingerprint density at radius 3 is 2.69 bits per heavy atom. The molecular weight excluding hydrogens is 358 g/mol. The first-order chi connectivity index (χ1) is 12.3. The molecule has 0 spiro atoms. The van der Waals surface area contributed by atoms with Crippen LogP contribution in [0.1, 0.15) is 23.8 Å². The van der Waals surface area contributed by atoms with Gasteiger partial charge in [0.1, 0.15) is 5.69 Å². The molecule has 8 nitrogen and oxygen atoms in total. The number of esters is 1. The maximum Gasteiger partial charge on any atom is 0.357 e. The molecule has 1 aliphatic rings. The summed E-state index contributed by atoms with van der Waals surface area (Å²) in [6.07, 6.45) is -0.676. The molecule has 1 saturated heterocycles. The molecule has 3 rings (SSSR count). The van der Waals surface area contributed by atoms with Crippen molar-refractivity contribution < 1.29 is 22.7 Å². The Hall–Kier alpha value is -2.68. The Labute approximate surface area is 150 Å². The molecule has 1 aromatic carbocycles. The van der Waals surface area contributed by atoms with Crippen LogP contribution in [-0.2, 0) is 19.4 Å². The molecule has 1 fully saturated rings. The van der Waals surface area contributed by atoms with Crippen LogP contribution in [0.5, 0.6) is 0 Å². The quantitative estimate of drug-likeness (QED) is 0.748. The SMILES string of the molecule is C[C@H](OC(=O)c1cc(-c2ccccc2)n[nH]1)C(=O)N[C@@H]1CCS(=O)(=O)C1. The van der Waals surface area contributed by atoms with E-state index in [4.69, 9.17) is 4.74 Å². The normalized spacial score (nSPS) is 19.7. The molecule has 2 N–H and O–H groups in total. The van der Waals surface area contributed by atoms with Gasteiger partial charge in [-0.1, -0.05) is 30.3 Å². The van der Waals surface area contributed by atoms with Crippen molar-refractivity contribution >= 4 is 21.7 Å². The third-order valence-corrected chi connectivity index (χ3v) is 5.87. The van der Waals surface area contributed by atoms with Gasteiger partial charge in [-0.15, -0.1) is 0 Å². The predicted octanol–water partition coefficient (Wildman–Crippen LogP) is 0.925. The van der Waals surface area contributed by atoms with Crippen LogP contribution in [0.3, 0.4) is 0 Å². The lowest BCUT2D eigenvalue weighted by Crippen LogP contribution is -2.42. The number of sulfone groups is 1. The summed E-state index contributed by atoms with van der Waals surface area (Å²) >= 11 is 0. The highest BCUT2D eigenvalue weighted by Crippen LogP contribution is 2.17. The number of carbonyl (C=O) groups excluding carboxylic acids is 2. The smallest absolute Gasteiger partial charge is 0.357 e. The van der Waals surface area contributed by atoms with E-state index in [1.165, 1.54) is 6.92 Å². The zero-order valence-electron chi connectivity index (χ0n) is 14.1. The molecule has 2 atom stereocenters. The number of hydrogen-bond donors (Lipinski definition) is 2. The van der Waals surface area contributed by atoms with Crippen molar-refractivity contribution in [3.05, 3.63) is 42.1 Å². The third kappa shape index (κ3) is 4.29. The van der Waals surface area contributed by atoms with Crippen LogP contribution in [0, 0.1) is 0 Å². The van der Waals surface area contributed by atoms with E-state index in [0.29, 0.717) is 12.1 Å². The molecule has 1 aromatic heterocycles. The van der Waals surface area contributed by atoms with Gasteiger partial charge in [0, 0.05) is 11.6 Å². The monoisotopic (exact) mass is 377 g/mol. The molecule has 0 bridgehead atoms. The van der Waals surface area contributed by atoms with Crippen LogP contribution in [0.2, 0.25) is 0 Å². The second kappa shape index (κ2) is 7.28. The van der Waals surface area contributed by atoms with Crippen molar-refractivity contribution in [2.75, 3.05) is 11.5 Å².